The lowest BCUT2D eigenvalue weighted by atomic mass is 9.98. The highest BCUT2D eigenvalue weighted by Gasteiger charge is 2.17. The molecule has 106 valence electrons. The molecular weight excluding hydrogens is 330 g/mol. The molecule has 0 saturated carbocycles. The monoisotopic (exact) mass is 343 g/mol. The number of amides is 1. The Labute approximate surface area is 131 Å². The molecule has 1 aliphatic heterocycles. The average Bonchev–Trinajstić information content (AvgIpc) is 2.67. The van der Waals surface area contributed by atoms with Crippen LogP contribution in [0.5, 0.6) is 0 Å². The van der Waals surface area contributed by atoms with E-state index in [1.54, 1.807) is 12.1 Å². The molecule has 0 fully saturated rings. The smallest absolute Gasteiger partial charge is 0.224 e. The van der Waals surface area contributed by atoms with E-state index in [9.17, 15) is 9.59 Å². The minimum Gasteiger partial charge on any atom is -0.326 e. The number of benzene rings is 2. The van der Waals surface area contributed by atoms with Crippen LogP contribution in [0, 0.1) is 0 Å². The minimum atomic E-state index is -0.0131. The molecule has 3 nitrogen and oxygen atoms in total. The van der Waals surface area contributed by atoms with Crippen molar-refractivity contribution in [3.8, 4) is 0 Å². The van der Waals surface area contributed by atoms with Gasteiger partial charge in [0.15, 0.2) is 5.78 Å². The summed E-state index contributed by atoms with van der Waals surface area (Å²) >= 11 is 3.41. The molecule has 1 heterocycles. The number of hydrogen-bond donors (Lipinski definition) is 1. The van der Waals surface area contributed by atoms with Crippen molar-refractivity contribution in [2.24, 2.45) is 0 Å². The lowest BCUT2D eigenvalue weighted by Gasteiger charge is -2.09. The quantitative estimate of drug-likeness (QED) is 0.839. The summed E-state index contributed by atoms with van der Waals surface area (Å²) in [7, 11) is 0. The van der Waals surface area contributed by atoms with Crippen LogP contribution >= 0.6 is 15.9 Å². The maximum Gasteiger partial charge on any atom is 0.224 e. The van der Waals surface area contributed by atoms with Gasteiger partial charge in [-0.1, -0.05) is 28.1 Å². The number of halogens is 1. The van der Waals surface area contributed by atoms with Gasteiger partial charge in [0, 0.05) is 27.7 Å². The number of carbonyl (C=O) groups excluding carboxylic acids is 2. The Morgan fingerprint density at radius 3 is 2.71 bits per heavy atom. The standard InChI is InChI=1S/C17H14BrNO2/c18-14-6-2-1-5-13(14)17(21)12-8-9-15-11(10-12)4-3-7-16(20)19-15/h1-2,5-6,8-10H,3-4,7H2,(H,19,20). The molecule has 3 rings (SSSR count). The van der Waals surface area contributed by atoms with Crippen LogP contribution in [0.1, 0.15) is 34.3 Å². The van der Waals surface area contributed by atoms with E-state index in [0.717, 1.165) is 28.6 Å². The second-order valence-electron chi connectivity index (χ2n) is 5.08. The first kappa shape index (κ1) is 14.0. The van der Waals surface area contributed by atoms with Gasteiger partial charge in [0.05, 0.1) is 0 Å². The van der Waals surface area contributed by atoms with Gasteiger partial charge in [-0.25, -0.2) is 0 Å². The Morgan fingerprint density at radius 2 is 1.90 bits per heavy atom. The predicted molar refractivity (Wildman–Crippen MR) is 85.6 cm³/mol. The van der Waals surface area contributed by atoms with E-state index in [0.29, 0.717) is 17.5 Å². The lowest BCUT2D eigenvalue weighted by Crippen LogP contribution is -2.09. The molecule has 21 heavy (non-hydrogen) atoms. The van der Waals surface area contributed by atoms with Crippen molar-refractivity contribution in [1.82, 2.24) is 0 Å². The van der Waals surface area contributed by atoms with E-state index < -0.39 is 0 Å². The number of fused-ring (bicyclic) bond motifs is 1. The lowest BCUT2D eigenvalue weighted by molar-refractivity contribution is -0.116. The van der Waals surface area contributed by atoms with Crippen LogP contribution in [0.4, 0.5) is 5.69 Å². The van der Waals surface area contributed by atoms with E-state index in [1.165, 1.54) is 0 Å². The fourth-order valence-electron chi connectivity index (χ4n) is 2.52. The number of hydrogen-bond acceptors (Lipinski definition) is 2. The zero-order valence-corrected chi connectivity index (χ0v) is 12.9. The Balaban J connectivity index is 1.97. The Bertz CT molecular complexity index is 724. The van der Waals surface area contributed by atoms with Crippen molar-refractivity contribution in [3.63, 3.8) is 0 Å². The van der Waals surface area contributed by atoms with Crippen molar-refractivity contribution >= 4 is 33.3 Å². The highest BCUT2D eigenvalue weighted by molar-refractivity contribution is 9.10. The normalized spacial score (nSPS) is 14.0. The molecule has 0 radical (unpaired) electrons. The first-order chi connectivity index (χ1) is 10.1. The summed E-state index contributed by atoms with van der Waals surface area (Å²) in [6.45, 7) is 0. The number of rotatable bonds is 2. The second kappa shape index (κ2) is 5.82. The molecule has 1 N–H and O–H groups in total. The van der Waals surface area contributed by atoms with Crippen molar-refractivity contribution in [2.75, 3.05) is 5.32 Å². The summed E-state index contributed by atoms with van der Waals surface area (Å²) in [5, 5.41) is 2.88. The maximum atomic E-state index is 12.6. The predicted octanol–water partition coefficient (Wildman–Crippen LogP) is 3.95. The molecular formula is C17H14BrNO2. The molecule has 0 aliphatic carbocycles. The van der Waals surface area contributed by atoms with E-state index in [4.69, 9.17) is 0 Å². The topological polar surface area (TPSA) is 46.2 Å². The first-order valence-electron chi connectivity index (χ1n) is 6.87. The summed E-state index contributed by atoms with van der Waals surface area (Å²) in [5.41, 5.74) is 3.15. The van der Waals surface area contributed by atoms with Crippen LogP contribution < -0.4 is 5.32 Å². The maximum absolute atomic E-state index is 12.6. The van der Waals surface area contributed by atoms with E-state index in [2.05, 4.69) is 21.2 Å². The molecule has 0 atom stereocenters. The van der Waals surface area contributed by atoms with Crippen LogP contribution in [0.3, 0.4) is 0 Å². The Hall–Kier alpha value is -1.94. The highest BCUT2D eigenvalue weighted by atomic mass is 79.9. The second-order valence-corrected chi connectivity index (χ2v) is 5.94. The largest absolute Gasteiger partial charge is 0.326 e. The molecule has 2 aromatic rings. The van der Waals surface area contributed by atoms with Gasteiger partial charge in [0.25, 0.3) is 0 Å². The molecule has 0 saturated heterocycles. The molecule has 0 bridgehead atoms. The van der Waals surface area contributed by atoms with Crippen LogP contribution in [0.15, 0.2) is 46.9 Å². The third-order valence-corrected chi connectivity index (χ3v) is 4.30. The van der Waals surface area contributed by atoms with Gasteiger partial charge in [-0.3, -0.25) is 9.59 Å². The number of nitrogens with one attached hydrogen (secondary N) is 1. The van der Waals surface area contributed by atoms with Gasteiger partial charge in [-0.05, 0) is 48.7 Å². The molecule has 2 aromatic carbocycles. The number of aryl methyl sites for hydroxylation is 1. The van der Waals surface area contributed by atoms with Gasteiger partial charge in [-0.15, -0.1) is 0 Å². The highest BCUT2D eigenvalue weighted by Crippen LogP contribution is 2.26. The summed E-state index contributed by atoms with van der Waals surface area (Å²) < 4.78 is 0.790. The zero-order chi connectivity index (χ0) is 14.8. The van der Waals surface area contributed by atoms with Crippen LogP contribution in [0.25, 0.3) is 0 Å². The van der Waals surface area contributed by atoms with E-state index in [-0.39, 0.29) is 11.7 Å². The Kier molecular flexibility index (Phi) is 3.88. The van der Waals surface area contributed by atoms with Crippen LogP contribution in [-0.2, 0) is 11.2 Å². The average molecular weight is 344 g/mol. The van der Waals surface area contributed by atoms with Gasteiger partial charge in [-0.2, -0.15) is 0 Å². The molecule has 0 unspecified atom stereocenters. The molecule has 0 spiro atoms. The summed E-state index contributed by atoms with van der Waals surface area (Å²) in [5.74, 6) is 0.0273. The number of anilines is 1. The summed E-state index contributed by atoms with van der Waals surface area (Å²) in [6, 6.07) is 12.9. The number of ketones is 1. The van der Waals surface area contributed by atoms with Gasteiger partial charge >= 0.3 is 0 Å². The van der Waals surface area contributed by atoms with Crippen molar-refractivity contribution < 1.29 is 9.59 Å². The summed E-state index contributed by atoms with van der Waals surface area (Å²) in [6.07, 6.45) is 2.15. The number of carbonyl (C=O) groups is 2. The molecule has 0 aromatic heterocycles. The molecule has 4 heteroatoms. The van der Waals surface area contributed by atoms with Gasteiger partial charge in [0.2, 0.25) is 5.91 Å². The van der Waals surface area contributed by atoms with Crippen molar-refractivity contribution in [1.29, 1.82) is 0 Å². The molecule has 1 aliphatic rings. The van der Waals surface area contributed by atoms with Gasteiger partial charge < -0.3 is 5.32 Å². The van der Waals surface area contributed by atoms with E-state index in [1.807, 2.05) is 30.3 Å². The van der Waals surface area contributed by atoms with Gasteiger partial charge in [0.1, 0.15) is 0 Å². The third-order valence-electron chi connectivity index (χ3n) is 3.61. The fourth-order valence-corrected chi connectivity index (χ4v) is 2.98. The molecule has 1 amide bonds. The third kappa shape index (κ3) is 2.90. The zero-order valence-electron chi connectivity index (χ0n) is 11.4. The Morgan fingerprint density at radius 1 is 1.10 bits per heavy atom. The van der Waals surface area contributed by atoms with E-state index >= 15 is 0 Å². The van der Waals surface area contributed by atoms with Crippen molar-refractivity contribution in [3.05, 3.63) is 63.6 Å². The fraction of sp³-hybridized carbons (Fsp3) is 0.176. The summed E-state index contributed by atoms with van der Waals surface area (Å²) in [4.78, 5) is 24.1. The minimum absolute atomic E-state index is 0.0131. The van der Waals surface area contributed by atoms with Crippen LogP contribution in [-0.4, -0.2) is 11.7 Å². The SMILES string of the molecule is O=C1CCCc2cc(C(=O)c3ccccc3Br)ccc2N1. The van der Waals surface area contributed by atoms with Crippen molar-refractivity contribution in [2.45, 2.75) is 19.3 Å². The first-order valence-corrected chi connectivity index (χ1v) is 7.66. The van der Waals surface area contributed by atoms with Crippen LogP contribution in [0.2, 0.25) is 0 Å².